The monoisotopic (exact) mass is 367 g/mol. The van der Waals surface area contributed by atoms with E-state index in [0.717, 1.165) is 5.39 Å². The van der Waals surface area contributed by atoms with Crippen LogP contribution in [0.15, 0.2) is 42.6 Å². The van der Waals surface area contributed by atoms with Gasteiger partial charge in [0.15, 0.2) is 6.61 Å². The average molecular weight is 367 g/mol. The molecular formula is C17H13N5O5. The zero-order valence-corrected chi connectivity index (χ0v) is 13.8. The van der Waals surface area contributed by atoms with E-state index in [-0.39, 0.29) is 24.5 Å². The van der Waals surface area contributed by atoms with Gasteiger partial charge in [0.2, 0.25) is 5.91 Å². The summed E-state index contributed by atoms with van der Waals surface area (Å²) in [6, 6.07) is 9.23. The summed E-state index contributed by atoms with van der Waals surface area (Å²) < 4.78 is 5.29. The highest BCUT2D eigenvalue weighted by Gasteiger charge is 2.29. The van der Waals surface area contributed by atoms with Gasteiger partial charge in [0.25, 0.3) is 11.6 Å². The van der Waals surface area contributed by atoms with Crippen LogP contribution in [0.4, 0.5) is 17.1 Å². The lowest BCUT2D eigenvalue weighted by molar-refractivity contribution is -0.384. The average Bonchev–Trinajstić information content (AvgIpc) is 3.13. The van der Waals surface area contributed by atoms with Gasteiger partial charge in [0, 0.05) is 17.5 Å². The van der Waals surface area contributed by atoms with Crippen molar-refractivity contribution in [1.82, 2.24) is 10.2 Å². The maximum atomic E-state index is 12.5. The van der Waals surface area contributed by atoms with Crippen molar-refractivity contribution in [2.24, 2.45) is 0 Å². The van der Waals surface area contributed by atoms with Crippen LogP contribution in [0.1, 0.15) is 0 Å². The first-order chi connectivity index (χ1) is 13.0. The third-order valence-electron chi connectivity index (χ3n) is 4.15. The topological polar surface area (TPSA) is 130 Å². The molecular weight excluding hydrogens is 354 g/mol. The first-order valence-electron chi connectivity index (χ1n) is 7.96. The number of nitro benzene ring substituents is 1. The van der Waals surface area contributed by atoms with Crippen LogP contribution in [-0.2, 0) is 9.59 Å². The summed E-state index contributed by atoms with van der Waals surface area (Å²) in [6.45, 7) is -0.547. The van der Waals surface area contributed by atoms with E-state index in [9.17, 15) is 19.7 Å². The normalized spacial score (nSPS) is 13.2. The van der Waals surface area contributed by atoms with Crippen molar-refractivity contribution in [3.63, 3.8) is 0 Å². The molecule has 27 heavy (non-hydrogen) atoms. The van der Waals surface area contributed by atoms with E-state index in [1.54, 1.807) is 18.3 Å². The molecule has 2 amide bonds. The Morgan fingerprint density at radius 1 is 1.37 bits per heavy atom. The molecule has 2 N–H and O–H groups in total. The molecule has 1 aliphatic heterocycles. The molecule has 2 heterocycles. The van der Waals surface area contributed by atoms with Crippen molar-refractivity contribution in [2.75, 3.05) is 23.4 Å². The van der Waals surface area contributed by atoms with Crippen molar-refractivity contribution >= 4 is 39.8 Å². The molecule has 0 atom stereocenters. The van der Waals surface area contributed by atoms with Crippen LogP contribution in [0, 0.1) is 10.1 Å². The van der Waals surface area contributed by atoms with E-state index >= 15 is 0 Å². The maximum absolute atomic E-state index is 12.5. The fraction of sp³-hybridized carbons (Fsp3) is 0.118. The van der Waals surface area contributed by atoms with Crippen LogP contribution in [0.5, 0.6) is 5.75 Å². The summed E-state index contributed by atoms with van der Waals surface area (Å²) in [4.78, 5) is 36.4. The quantitative estimate of drug-likeness (QED) is 0.534. The van der Waals surface area contributed by atoms with Gasteiger partial charge in [-0.15, -0.1) is 0 Å². The number of non-ortho nitro benzene ring substituents is 1. The van der Waals surface area contributed by atoms with E-state index in [1.807, 2.05) is 6.07 Å². The molecule has 0 fully saturated rings. The Kier molecular flexibility index (Phi) is 3.92. The zero-order valence-electron chi connectivity index (χ0n) is 13.8. The molecule has 0 aliphatic carbocycles. The smallest absolute Gasteiger partial charge is 0.271 e. The largest absolute Gasteiger partial charge is 0.482 e. The van der Waals surface area contributed by atoms with Gasteiger partial charge in [-0.05, 0) is 12.1 Å². The number of amides is 2. The Balaban J connectivity index is 1.59. The number of hydrogen-bond donors (Lipinski definition) is 2. The number of carbonyl (C=O) groups is 2. The molecule has 0 spiro atoms. The number of ether oxygens (including phenoxy) is 1. The third-order valence-corrected chi connectivity index (χ3v) is 4.15. The number of H-pyrrole nitrogens is 1. The molecule has 4 rings (SSSR count). The first kappa shape index (κ1) is 16.5. The number of nitro groups is 1. The van der Waals surface area contributed by atoms with E-state index in [0.29, 0.717) is 17.0 Å². The number of benzene rings is 2. The van der Waals surface area contributed by atoms with E-state index < -0.39 is 16.7 Å². The number of rotatable bonds is 4. The lowest BCUT2D eigenvalue weighted by Crippen LogP contribution is -2.43. The minimum atomic E-state index is -0.573. The fourth-order valence-corrected chi connectivity index (χ4v) is 2.88. The van der Waals surface area contributed by atoms with Crippen LogP contribution in [-0.4, -0.2) is 40.1 Å². The number of carbonyl (C=O) groups excluding carboxylic acids is 2. The molecule has 136 valence electrons. The number of fused-ring (bicyclic) bond motifs is 2. The molecule has 0 unspecified atom stereocenters. The summed E-state index contributed by atoms with van der Waals surface area (Å²) in [6.07, 6.45) is 1.63. The fourth-order valence-electron chi connectivity index (χ4n) is 2.88. The second kappa shape index (κ2) is 6.41. The van der Waals surface area contributed by atoms with Crippen molar-refractivity contribution in [2.45, 2.75) is 0 Å². The van der Waals surface area contributed by atoms with Gasteiger partial charge in [-0.3, -0.25) is 29.7 Å². The second-order valence-corrected chi connectivity index (χ2v) is 5.87. The molecule has 10 nitrogen and oxygen atoms in total. The number of hydrogen-bond acceptors (Lipinski definition) is 6. The number of anilines is 2. The SMILES string of the molecule is O=C(CN1C(=O)COc2ccc([N+](=O)[O-])cc21)Nc1cccc2cn[nH]c12. The summed E-state index contributed by atoms with van der Waals surface area (Å²) >= 11 is 0. The summed E-state index contributed by atoms with van der Waals surface area (Å²) in [5, 5.41) is 21.3. The van der Waals surface area contributed by atoms with Crippen LogP contribution < -0.4 is 15.0 Å². The lowest BCUT2D eigenvalue weighted by Gasteiger charge is -2.28. The Hall–Kier alpha value is -3.95. The maximum Gasteiger partial charge on any atom is 0.271 e. The number of nitrogens with zero attached hydrogens (tertiary/aromatic N) is 3. The minimum absolute atomic E-state index is 0.190. The highest BCUT2D eigenvalue weighted by molar-refractivity contribution is 6.07. The predicted octanol–water partition coefficient (Wildman–Crippen LogP) is 1.84. The first-order valence-corrected chi connectivity index (χ1v) is 7.96. The molecule has 0 saturated carbocycles. The highest BCUT2D eigenvalue weighted by Crippen LogP contribution is 2.35. The summed E-state index contributed by atoms with van der Waals surface area (Å²) in [5.41, 5.74) is 1.18. The van der Waals surface area contributed by atoms with Gasteiger partial charge in [0.05, 0.1) is 28.0 Å². The molecule has 1 aromatic heterocycles. The molecule has 2 aromatic carbocycles. The predicted molar refractivity (Wildman–Crippen MR) is 95.7 cm³/mol. The number of aromatic nitrogens is 2. The molecule has 10 heteroatoms. The van der Waals surface area contributed by atoms with E-state index in [2.05, 4.69) is 15.5 Å². The van der Waals surface area contributed by atoms with Crippen molar-refractivity contribution in [3.8, 4) is 5.75 Å². The summed E-state index contributed by atoms with van der Waals surface area (Å²) in [7, 11) is 0. The molecule has 1 aliphatic rings. The highest BCUT2D eigenvalue weighted by atomic mass is 16.6. The third kappa shape index (κ3) is 3.03. The van der Waals surface area contributed by atoms with Gasteiger partial charge in [0.1, 0.15) is 12.3 Å². The van der Waals surface area contributed by atoms with Gasteiger partial charge in [-0.1, -0.05) is 12.1 Å². The lowest BCUT2D eigenvalue weighted by atomic mass is 10.2. The van der Waals surface area contributed by atoms with Crippen molar-refractivity contribution < 1.29 is 19.2 Å². The number of aromatic amines is 1. The zero-order chi connectivity index (χ0) is 19.0. The van der Waals surface area contributed by atoms with E-state index in [4.69, 9.17) is 4.74 Å². The van der Waals surface area contributed by atoms with Gasteiger partial charge in [-0.2, -0.15) is 5.10 Å². The molecule has 0 bridgehead atoms. The van der Waals surface area contributed by atoms with Crippen LogP contribution >= 0.6 is 0 Å². The van der Waals surface area contributed by atoms with Crippen molar-refractivity contribution in [3.05, 3.63) is 52.7 Å². The summed E-state index contributed by atoms with van der Waals surface area (Å²) in [5.74, 6) is -0.605. The second-order valence-electron chi connectivity index (χ2n) is 5.87. The van der Waals surface area contributed by atoms with Gasteiger partial charge < -0.3 is 10.1 Å². The Morgan fingerprint density at radius 3 is 3.04 bits per heavy atom. The van der Waals surface area contributed by atoms with Crippen LogP contribution in [0.25, 0.3) is 10.9 Å². The molecule has 0 saturated heterocycles. The standard InChI is InChI=1S/C17H13N5O5/c23-15(19-12-3-1-2-10-7-18-20-17(10)12)8-21-13-6-11(22(25)26)4-5-14(13)27-9-16(21)24/h1-7H,8-9H2,(H,18,20)(H,19,23). The number of nitrogens with one attached hydrogen (secondary N) is 2. The Bertz CT molecular complexity index is 1080. The number of para-hydroxylation sites is 1. The Labute approximate surface area is 151 Å². The van der Waals surface area contributed by atoms with Crippen LogP contribution in [0.2, 0.25) is 0 Å². The van der Waals surface area contributed by atoms with Crippen molar-refractivity contribution in [1.29, 1.82) is 0 Å². The van der Waals surface area contributed by atoms with E-state index in [1.165, 1.54) is 23.1 Å². The molecule has 0 radical (unpaired) electrons. The van der Waals surface area contributed by atoms with Gasteiger partial charge >= 0.3 is 0 Å². The van der Waals surface area contributed by atoms with Gasteiger partial charge in [-0.25, -0.2) is 0 Å². The van der Waals surface area contributed by atoms with Crippen LogP contribution in [0.3, 0.4) is 0 Å². The Morgan fingerprint density at radius 2 is 2.22 bits per heavy atom. The molecule has 3 aromatic rings. The minimum Gasteiger partial charge on any atom is -0.482 e.